The van der Waals surface area contributed by atoms with Crippen molar-refractivity contribution in [1.82, 2.24) is 9.38 Å². The summed E-state index contributed by atoms with van der Waals surface area (Å²) < 4.78 is 6.70. The molecule has 27 heavy (non-hydrogen) atoms. The van der Waals surface area contributed by atoms with E-state index >= 15 is 0 Å². The molecule has 0 aliphatic rings. The van der Waals surface area contributed by atoms with E-state index in [9.17, 15) is 14.9 Å². The Morgan fingerprint density at radius 3 is 2.26 bits per heavy atom. The molecule has 0 saturated carbocycles. The Hall–Kier alpha value is -4.00. The van der Waals surface area contributed by atoms with Gasteiger partial charge in [-0.05, 0) is 35.4 Å². The van der Waals surface area contributed by atoms with Crippen LogP contribution in [0, 0.1) is 10.1 Å². The van der Waals surface area contributed by atoms with Gasteiger partial charge < -0.3 is 4.74 Å². The highest BCUT2D eigenvalue weighted by Crippen LogP contribution is 2.29. The van der Waals surface area contributed by atoms with Crippen molar-refractivity contribution < 1.29 is 9.66 Å². The van der Waals surface area contributed by atoms with Crippen molar-refractivity contribution in [3.63, 3.8) is 0 Å². The molecule has 2 aromatic carbocycles. The van der Waals surface area contributed by atoms with E-state index < -0.39 is 16.2 Å². The Morgan fingerprint density at radius 2 is 1.56 bits per heavy atom. The van der Waals surface area contributed by atoms with Crippen LogP contribution < -0.4 is 10.3 Å². The number of nitro groups is 1. The second kappa shape index (κ2) is 6.72. The first-order chi connectivity index (χ1) is 13.1. The third-order valence-electron chi connectivity index (χ3n) is 4.04. The fraction of sp³-hybridized carbons (Fsp3) is 0. The number of pyridine rings is 1. The predicted octanol–water partition coefficient (Wildman–Crippen LogP) is 4.06. The number of ether oxygens (including phenoxy) is 1. The summed E-state index contributed by atoms with van der Waals surface area (Å²) in [5.41, 5.74) is 0.789. The van der Waals surface area contributed by atoms with Gasteiger partial charge in [-0.15, -0.1) is 0 Å². The number of fused-ring (bicyclic) bond motifs is 1. The topological polar surface area (TPSA) is 86.7 Å². The molecule has 4 rings (SSSR count). The summed E-state index contributed by atoms with van der Waals surface area (Å²) >= 11 is 0. The number of aromatic nitrogens is 2. The highest BCUT2D eigenvalue weighted by Gasteiger charge is 2.25. The maximum atomic E-state index is 12.4. The fourth-order valence-corrected chi connectivity index (χ4v) is 2.74. The van der Waals surface area contributed by atoms with Crippen molar-refractivity contribution in [3.8, 4) is 22.8 Å². The summed E-state index contributed by atoms with van der Waals surface area (Å²) in [6, 6.07) is 21.7. The molecule has 7 nitrogen and oxygen atoms in total. The molecule has 0 radical (unpaired) electrons. The molecule has 0 fully saturated rings. The zero-order valence-corrected chi connectivity index (χ0v) is 14.0. The van der Waals surface area contributed by atoms with Crippen LogP contribution in [0.2, 0.25) is 0 Å². The molecule has 0 spiro atoms. The van der Waals surface area contributed by atoms with E-state index in [4.69, 9.17) is 4.74 Å². The maximum absolute atomic E-state index is 12.4. The van der Waals surface area contributed by atoms with Gasteiger partial charge in [0.05, 0.1) is 4.92 Å². The second-order valence-corrected chi connectivity index (χ2v) is 5.75. The quantitative estimate of drug-likeness (QED) is 0.405. The summed E-state index contributed by atoms with van der Waals surface area (Å²) in [5.74, 6) is 0.0219. The predicted molar refractivity (Wildman–Crippen MR) is 100 cm³/mol. The molecule has 132 valence electrons. The summed E-state index contributed by atoms with van der Waals surface area (Å²) in [7, 11) is 0. The van der Waals surface area contributed by atoms with E-state index in [2.05, 4.69) is 4.98 Å². The number of hydrogen-bond donors (Lipinski definition) is 0. The molecule has 0 N–H and O–H groups in total. The van der Waals surface area contributed by atoms with Gasteiger partial charge in [0.1, 0.15) is 11.4 Å². The van der Waals surface area contributed by atoms with Gasteiger partial charge >= 0.3 is 17.1 Å². The van der Waals surface area contributed by atoms with E-state index in [0.717, 1.165) is 15.5 Å². The van der Waals surface area contributed by atoms with Gasteiger partial charge in [-0.1, -0.05) is 48.5 Å². The molecule has 0 saturated heterocycles. The normalized spacial score (nSPS) is 10.7. The van der Waals surface area contributed by atoms with Gasteiger partial charge in [-0.3, -0.25) is 19.3 Å². The average Bonchev–Trinajstić information content (AvgIpc) is 2.69. The molecule has 2 aromatic heterocycles. The number of nitrogens with zero attached hydrogens (tertiary/aromatic N) is 3. The largest absolute Gasteiger partial charge is 0.433 e. The van der Waals surface area contributed by atoms with Crippen LogP contribution in [0.25, 0.3) is 16.8 Å². The summed E-state index contributed by atoms with van der Waals surface area (Å²) in [4.78, 5) is 27.2. The van der Waals surface area contributed by atoms with E-state index in [1.165, 1.54) is 6.20 Å². The van der Waals surface area contributed by atoms with Crippen LogP contribution in [0.1, 0.15) is 0 Å². The van der Waals surface area contributed by atoms with Gasteiger partial charge in [0.15, 0.2) is 0 Å². The van der Waals surface area contributed by atoms with Crippen LogP contribution in [-0.2, 0) is 0 Å². The molecule has 0 aliphatic heterocycles. The monoisotopic (exact) mass is 359 g/mol. The van der Waals surface area contributed by atoms with Gasteiger partial charge in [0, 0.05) is 6.20 Å². The van der Waals surface area contributed by atoms with Gasteiger partial charge in [0.25, 0.3) is 0 Å². The molecule has 0 unspecified atom stereocenters. The van der Waals surface area contributed by atoms with E-state index in [1.807, 2.05) is 42.5 Å². The van der Waals surface area contributed by atoms with Crippen molar-refractivity contribution in [3.05, 3.63) is 99.5 Å². The lowest BCUT2D eigenvalue weighted by Crippen LogP contribution is -2.19. The van der Waals surface area contributed by atoms with Crippen molar-refractivity contribution >= 4 is 11.3 Å². The summed E-state index contributed by atoms with van der Waals surface area (Å²) in [5, 5.41) is 11.4. The van der Waals surface area contributed by atoms with E-state index in [1.54, 1.807) is 30.3 Å². The Balaban J connectivity index is 1.74. The lowest BCUT2D eigenvalue weighted by atomic mass is 10.1. The zero-order valence-electron chi connectivity index (χ0n) is 14.0. The Bertz CT molecular complexity index is 1190. The van der Waals surface area contributed by atoms with E-state index in [0.29, 0.717) is 5.75 Å². The smallest absolute Gasteiger partial charge is 0.396 e. The van der Waals surface area contributed by atoms with Crippen molar-refractivity contribution in [2.24, 2.45) is 0 Å². The molecule has 0 amide bonds. The SMILES string of the molecule is O=c1c([N+](=O)[O-])c(Oc2ccc(-c3ccccc3)cc2)nc2ccccn12. The van der Waals surface area contributed by atoms with Crippen LogP contribution in [0.5, 0.6) is 11.6 Å². The van der Waals surface area contributed by atoms with Gasteiger partial charge in [-0.25, -0.2) is 0 Å². The maximum Gasteiger partial charge on any atom is 0.396 e. The lowest BCUT2D eigenvalue weighted by molar-refractivity contribution is -0.387. The Morgan fingerprint density at radius 1 is 0.889 bits per heavy atom. The first-order valence-electron chi connectivity index (χ1n) is 8.12. The highest BCUT2D eigenvalue weighted by atomic mass is 16.6. The standard InChI is InChI=1S/C20H13N3O4/c24-20-18(23(25)26)19(21-17-8-4-5-13-22(17)20)27-16-11-9-15(10-12-16)14-6-2-1-3-7-14/h1-13H. The molecular formula is C20H13N3O4. The van der Waals surface area contributed by atoms with Crippen LogP contribution >= 0.6 is 0 Å². The van der Waals surface area contributed by atoms with Crippen LogP contribution in [0.3, 0.4) is 0 Å². The number of hydrogen-bond acceptors (Lipinski definition) is 5. The molecule has 2 heterocycles. The molecule has 7 heteroatoms. The second-order valence-electron chi connectivity index (χ2n) is 5.75. The third kappa shape index (κ3) is 3.13. The Labute approximate surface area is 153 Å². The number of benzene rings is 2. The minimum absolute atomic E-state index is 0.268. The summed E-state index contributed by atoms with van der Waals surface area (Å²) in [6.07, 6.45) is 1.43. The third-order valence-corrected chi connectivity index (χ3v) is 4.04. The minimum Gasteiger partial charge on any atom is -0.433 e. The Kier molecular flexibility index (Phi) is 4.10. The fourth-order valence-electron chi connectivity index (χ4n) is 2.74. The van der Waals surface area contributed by atoms with Gasteiger partial charge in [-0.2, -0.15) is 4.98 Å². The molecule has 4 aromatic rings. The first-order valence-corrected chi connectivity index (χ1v) is 8.12. The molecular weight excluding hydrogens is 346 g/mol. The zero-order chi connectivity index (χ0) is 18.8. The lowest BCUT2D eigenvalue weighted by Gasteiger charge is -2.08. The van der Waals surface area contributed by atoms with Gasteiger partial charge in [0.2, 0.25) is 0 Å². The average molecular weight is 359 g/mol. The van der Waals surface area contributed by atoms with Crippen LogP contribution in [0.15, 0.2) is 83.8 Å². The minimum atomic E-state index is -0.790. The van der Waals surface area contributed by atoms with Crippen LogP contribution in [0.4, 0.5) is 5.69 Å². The van der Waals surface area contributed by atoms with Crippen molar-refractivity contribution in [2.75, 3.05) is 0 Å². The van der Waals surface area contributed by atoms with Crippen LogP contribution in [-0.4, -0.2) is 14.3 Å². The molecule has 0 bridgehead atoms. The van der Waals surface area contributed by atoms with Crippen molar-refractivity contribution in [1.29, 1.82) is 0 Å². The first kappa shape index (κ1) is 16.5. The summed E-state index contributed by atoms with van der Waals surface area (Å²) in [6.45, 7) is 0. The van der Waals surface area contributed by atoms with Crippen molar-refractivity contribution in [2.45, 2.75) is 0 Å². The number of rotatable bonds is 4. The van der Waals surface area contributed by atoms with E-state index in [-0.39, 0.29) is 11.5 Å². The molecule has 0 aliphatic carbocycles. The highest BCUT2D eigenvalue weighted by molar-refractivity contribution is 5.64. The molecule has 0 atom stereocenters.